The molecular formula is C13H16ClN5O2. The summed E-state index contributed by atoms with van der Waals surface area (Å²) < 4.78 is 1.57. The highest BCUT2D eigenvalue weighted by molar-refractivity contribution is 6.32. The predicted octanol–water partition coefficient (Wildman–Crippen LogP) is 2.59. The number of aromatic nitrogens is 3. The molecule has 0 saturated carbocycles. The molecule has 8 heteroatoms. The van der Waals surface area contributed by atoms with Gasteiger partial charge in [-0.2, -0.15) is 0 Å². The molecule has 7 nitrogen and oxygen atoms in total. The maximum absolute atomic E-state index is 11.0. The number of nitrogens with two attached hydrogens (primary N) is 1. The monoisotopic (exact) mass is 309 g/mol. The maximum atomic E-state index is 11.0. The quantitative estimate of drug-likeness (QED) is 0.693. The van der Waals surface area contributed by atoms with Gasteiger partial charge in [0.05, 0.1) is 16.3 Å². The van der Waals surface area contributed by atoms with Crippen LogP contribution in [0.1, 0.15) is 32.2 Å². The number of nitro benzene ring substituents is 1. The lowest BCUT2D eigenvalue weighted by Crippen LogP contribution is -2.20. The zero-order chi connectivity index (χ0) is 15.8. The van der Waals surface area contributed by atoms with Gasteiger partial charge in [-0.15, -0.1) is 5.10 Å². The first-order valence-corrected chi connectivity index (χ1v) is 6.73. The minimum absolute atomic E-state index is 0.0835. The molecule has 1 heterocycles. The van der Waals surface area contributed by atoms with Gasteiger partial charge in [-0.1, -0.05) is 37.6 Å². The van der Waals surface area contributed by atoms with Crippen molar-refractivity contribution in [2.24, 2.45) is 5.73 Å². The number of benzene rings is 1. The number of hydrogen-bond acceptors (Lipinski definition) is 5. The van der Waals surface area contributed by atoms with E-state index in [1.165, 1.54) is 12.1 Å². The van der Waals surface area contributed by atoms with Crippen LogP contribution in [0.5, 0.6) is 0 Å². The van der Waals surface area contributed by atoms with Crippen LogP contribution in [0.4, 0.5) is 5.69 Å². The number of hydrogen-bond donors (Lipinski definition) is 1. The van der Waals surface area contributed by atoms with Gasteiger partial charge in [-0.25, -0.2) is 4.68 Å². The van der Waals surface area contributed by atoms with Crippen LogP contribution in [-0.2, 0) is 12.0 Å². The molecule has 1 aromatic carbocycles. The van der Waals surface area contributed by atoms with Crippen molar-refractivity contribution in [3.05, 3.63) is 44.7 Å². The summed E-state index contributed by atoms with van der Waals surface area (Å²) in [4.78, 5) is 10.5. The first-order valence-electron chi connectivity index (χ1n) is 6.35. The van der Waals surface area contributed by atoms with E-state index in [2.05, 4.69) is 10.3 Å². The Bertz CT molecular complexity index is 690. The molecule has 0 amide bonds. The molecule has 112 valence electrons. The van der Waals surface area contributed by atoms with E-state index in [0.29, 0.717) is 11.4 Å². The predicted molar refractivity (Wildman–Crippen MR) is 79.6 cm³/mol. The molecule has 21 heavy (non-hydrogen) atoms. The Kier molecular flexibility index (Phi) is 3.97. The van der Waals surface area contributed by atoms with Crippen LogP contribution in [0.15, 0.2) is 18.2 Å². The van der Waals surface area contributed by atoms with E-state index in [1.54, 1.807) is 10.7 Å². The van der Waals surface area contributed by atoms with Gasteiger partial charge in [0.1, 0.15) is 10.7 Å². The summed E-state index contributed by atoms with van der Waals surface area (Å²) in [6.07, 6.45) is 0. The molecule has 0 spiro atoms. The van der Waals surface area contributed by atoms with Gasteiger partial charge in [-0.3, -0.25) is 10.1 Å². The molecule has 0 saturated heterocycles. The molecule has 0 aliphatic carbocycles. The molecule has 0 aliphatic rings. The van der Waals surface area contributed by atoms with Crippen molar-refractivity contribution in [1.29, 1.82) is 0 Å². The average molecular weight is 310 g/mol. The number of rotatable bonds is 3. The highest BCUT2D eigenvalue weighted by atomic mass is 35.5. The molecule has 0 aliphatic heterocycles. The zero-order valence-electron chi connectivity index (χ0n) is 12.0. The number of nitro groups is 1. The SMILES string of the molecule is CC(C)(C)c1c(CN)nnn1-c1ccc(Cl)c([N+](=O)[O-])c1. The van der Waals surface area contributed by atoms with Crippen molar-refractivity contribution in [1.82, 2.24) is 15.0 Å². The van der Waals surface area contributed by atoms with Crippen LogP contribution >= 0.6 is 11.6 Å². The lowest BCUT2D eigenvalue weighted by Gasteiger charge is -2.21. The highest BCUT2D eigenvalue weighted by Crippen LogP contribution is 2.30. The Morgan fingerprint density at radius 3 is 2.62 bits per heavy atom. The molecule has 2 aromatic rings. The van der Waals surface area contributed by atoms with Crippen molar-refractivity contribution < 1.29 is 4.92 Å². The topological polar surface area (TPSA) is 99.9 Å². The third-order valence-corrected chi connectivity index (χ3v) is 3.33. The molecule has 2 N–H and O–H groups in total. The Labute approximate surface area is 126 Å². The van der Waals surface area contributed by atoms with Gasteiger partial charge in [0.15, 0.2) is 0 Å². The molecule has 0 fully saturated rings. The minimum Gasteiger partial charge on any atom is -0.325 e. The van der Waals surface area contributed by atoms with Crippen LogP contribution in [0, 0.1) is 10.1 Å². The summed E-state index contributed by atoms with van der Waals surface area (Å²) in [6, 6.07) is 4.53. The van der Waals surface area contributed by atoms with Crippen molar-refractivity contribution in [3.63, 3.8) is 0 Å². The number of nitrogens with zero attached hydrogens (tertiary/aromatic N) is 4. The highest BCUT2D eigenvalue weighted by Gasteiger charge is 2.26. The van der Waals surface area contributed by atoms with Crippen molar-refractivity contribution in [3.8, 4) is 5.69 Å². The summed E-state index contributed by atoms with van der Waals surface area (Å²) in [5.74, 6) is 0. The summed E-state index contributed by atoms with van der Waals surface area (Å²) in [5.41, 5.74) is 7.29. The third kappa shape index (κ3) is 2.88. The molecule has 1 aromatic heterocycles. The standard InChI is InChI=1S/C13H16ClN5O2/c1-13(2,3)12-10(7-15)16-17-18(12)8-4-5-9(14)11(6-8)19(20)21/h4-6H,7,15H2,1-3H3. The second-order valence-corrected chi connectivity index (χ2v) is 6.05. The Morgan fingerprint density at radius 2 is 2.10 bits per heavy atom. The van der Waals surface area contributed by atoms with E-state index in [1.807, 2.05) is 20.8 Å². The summed E-state index contributed by atoms with van der Waals surface area (Å²) in [5, 5.41) is 19.2. The van der Waals surface area contributed by atoms with E-state index in [9.17, 15) is 10.1 Å². The van der Waals surface area contributed by atoms with Crippen LogP contribution in [-0.4, -0.2) is 19.9 Å². The maximum Gasteiger partial charge on any atom is 0.290 e. The molecule has 0 atom stereocenters. The van der Waals surface area contributed by atoms with Gasteiger partial charge in [0.25, 0.3) is 5.69 Å². The van der Waals surface area contributed by atoms with Crippen molar-refractivity contribution in [2.75, 3.05) is 0 Å². The van der Waals surface area contributed by atoms with Crippen molar-refractivity contribution in [2.45, 2.75) is 32.7 Å². The lowest BCUT2D eigenvalue weighted by molar-refractivity contribution is -0.384. The normalized spacial score (nSPS) is 11.7. The Morgan fingerprint density at radius 1 is 1.43 bits per heavy atom. The first-order chi connectivity index (χ1) is 9.75. The largest absolute Gasteiger partial charge is 0.325 e. The van der Waals surface area contributed by atoms with E-state index in [-0.39, 0.29) is 22.7 Å². The van der Waals surface area contributed by atoms with Gasteiger partial charge >= 0.3 is 0 Å². The van der Waals surface area contributed by atoms with E-state index >= 15 is 0 Å². The molecule has 0 radical (unpaired) electrons. The van der Waals surface area contributed by atoms with Crippen LogP contribution in [0.3, 0.4) is 0 Å². The fraction of sp³-hybridized carbons (Fsp3) is 0.385. The van der Waals surface area contributed by atoms with E-state index < -0.39 is 4.92 Å². The second-order valence-electron chi connectivity index (χ2n) is 5.64. The van der Waals surface area contributed by atoms with Crippen LogP contribution in [0.2, 0.25) is 5.02 Å². The fourth-order valence-electron chi connectivity index (χ4n) is 2.15. The number of halogens is 1. The zero-order valence-corrected chi connectivity index (χ0v) is 12.8. The van der Waals surface area contributed by atoms with Gasteiger partial charge in [0.2, 0.25) is 0 Å². The van der Waals surface area contributed by atoms with Gasteiger partial charge in [-0.05, 0) is 12.1 Å². The van der Waals surface area contributed by atoms with Crippen molar-refractivity contribution >= 4 is 17.3 Å². The van der Waals surface area contributed by atoms with E-state index in [0.717, 1.165) is 5.69 Å². The van der Waals surface area contributed by atoms with Gasteiger partial charge in [0, 0.05) is 18.0 Å². The van der Waals surface area contributed by atoms with Gasteiger partial charge < -0.3 is 5.73 Å². The Balaban J connectivity index is 2.66. The van der Waals surface area contributed by atoms with Crippen LogP contribution < -0.4 is 5.73 Å². The van der Waals surface area contributed by atoms with E-state index in [4.69, 9.17) is 17.3 Å². The molecular weight excluding hydrogens is 294 g/mol. The minimum atomic E-state index is -0.524. The molecule has 2 rings (SSSR count). The second kappa shape index (κ2) is 5.42. The smallest absolute Gasteiger partial charge is 0.290 e. The molecule has 0 bridgehead atoms. The summed E-state index contributed by atoms with van der Waals surface area (Å²) in [7, 11) is 0. The summed E-state index contributed by atoms with van der Waals surface area (Å²) >= 11 is 5.83. The summed E-state index contributed by atoms with van der Waals surface area (Å²) in [6.45, 7) is 6.27. The lowest BCUT2D eigenvalue weighted by atomic mass is 9.90. The Hall–Kier alpha value is -1.99. The molecule has 0 unspecified atom stereocenters. The van der Waals surface area contributed by atoms with Crippen LogP contribution in [0.25, 0.3) is 5.69 Å². The first kappa shape index (κ1) is 15.4. The average Bonchev–Trinajstić information content (AvgIpc) is 2.82. The third-order valence-electron chi connectivity index (χ3n) is 3.01. The fourth-order valence-corrected chi connectivity index (χ4v) is 2.34.